The van der Waals surface area contributed by atoms with Crippen LogP contribution < -0.4 is 9.64 Å². The van der Waals surface area contributed by atoms with E-state index in [0.717, 1.165) is 38.3 Å². The lowest BCUT2D eigenvalue weighted by atomic mass is 10.1. The second-order valence-electron chi connectivity index (χ2n) is 7.92. The van der Waals surface area contributed by atoms with Crippen molar-refractivity contribution in [1.82, 2.24) is 25.1 Å². The highest BCUT2D eigenvalue weighted by Gasteiger charge is 2.19. The molecule has 0 bridgehead atoms. The standard InChI is InChI=1S/C24H25FN6O.CH2O2/c1-3-30-11-13-31(14-12-30)17-9-7-16(8-10-17)22-23-19(28-29-22)15-26-24(27-23)21-18(25)5-4-6-20(21)32-2;2-1-3/h4-10,15H,3,11-14H2,1-2H3,(H,28,29);1H,(H,2,3). The molecule has 1 aliphatic heterocycles. The van der Waals surface area contributed by atoms with Crippen LogP contribution in [0.4, 0.5) is 10.1 Å². The molecule has 10 heteroatoms. The van der Waals surface area contributed by atoms with E-state index in [4.69, 9.17) is 14.6 Å². The van der Waals surface area contributed by atoms with E-state index in [0.29, 0.717) is 22.5 Å². The quantitative estimate of drug-likeness (QED) is 0.419. The van der Waals surface area contributed by atoms with Crippen LogP contribution in [0.15, 0.2) is 48.7 Å². The lowest BCUT2D eigenvalue weighted by molar-refractivity contribution is -0.122. The zero-order chi connectivity index (χ0) is 24.8. The van der Waals surface area contributed by atoms with Gasteiger partial charge in [0.05, 0.1) is 18.9 Å². The number of H-pyrrole nitrogens is 1. The highest BCUT2D eigenvalue weighted by molar-refractivity contribution is 5.90. The van der Waals surface area contributed by atoms with Crippen LogP contribution in [-0.2, 0) is 4.79 Å². The summed E-state index contributed by atoms with van der Waals surface area (Å²) in [5.41, 5.74) is 4.43. The Morgan fingerprint density at radius 3 is 2.51 bits per heavy atom. The molecule has 0 aliphatic carbocycles. The van der Waals surface area contributed by atoms with E-state index in [1.165, 1.54) is 18.9 Å². The number of likely N-dealkylation sites (N-methyl/N-ethyl adjacent to an activating group) is 1. The number of methoxy groups -OCH3 is 1. The van der Waals surface area contributed by atoms with Crippen molar-refractivity contribution >= 4 is 23.2 Å². The highest BCUT2D eigenvalue weighted by atomic mass is 19.1. The first-order chi connectivity index (χ1) is 17.1. The first-order valence-electron chi connectivity index (χ1n) is 11.3. The summed E-state index contributed by atoms with van der Waals surface area (Å²) in [6.07, 6.45) is 1.63. The number of aromatic amines is 1. The average molecular weight is 479 g/mol. The third-order valence-corrected chi connectivity index (χ3v) is 6.05. The monoisotopic (exact) mass is 478 g/mol. The first-order valence-corrected chi connectivity index (χ1v) is 11.3. The van der Waals surface area contributed by atoms with E-state index in [1.54, 1.807) is 18.3 Å². The Balaban J connectivity index is 0.000000917. The summed E-state index contributed by atoms with van der Waals surface area (Å²) < 4.78 is 19.9. The van der Waals surface area contributed by atoms with Crippen molar-refractivity contribution in [2.24, 2.45) is 0 Å². The van der Waals surface area contributed by atoms with E-state index in [-0.39, 0.29) is 17.9 Å². The van der Waals surface area contributed by atoms with E-state index in [1.807, 2.05) is 0 Å². The Morgan fingerprint density at radius 1 is 1.14 bits per heavy atom. The summed E-state index contributed by atoms with van der Waals surface area (Å²) in [7, 11) is 1.50. The Hall–Kier alpha value is -4.05. The normalized spacial score (nSPS) is 13.9. The number of fused-ring (bicyclic) bond motifs is 1. The van der Waals surface area contributed by atoms with Gasteiger partial charge in [-0.05, 0) is 30.8 Å². The van der Waals surface area contributed by atoms with Crippen molar-refractivity contribution < 1.29 is 19.0 Å². The highest BCUT2D eigenvalue weighted by Crippen LogP contribution is 2.33. The molecule has 0 spiro atoms. The molecule has 5 rings (SSSR count). The lowest BCUT2D eigenvalue weighted by Crippen LogP contribution is -2.46. The molecular weight excluding hydrogens is 451 g/mol. The largest absolute Gasteiger partial charge is 0.496 e. The second kappa shape index (κ2) is 10.9. The average Bonchev–Trinajstić information content (AvgIpc) is 3.32. The van der Waals surface area contributed by atoms with Crippen LogP contribution in [0.25, 0.3) is 33.7 Å². The molecule has 0 saturated carbocycles. The van der Waals surface area contributed by atoms with Gasteiger partial charge in [0.2, 0.25) is 0 Å². The van der Waals surface area contributed by atoms with Gasteiger partial charge in [0.1, 0.15) is 28.3 Å². The van der Waals surface area contributed by atoms with Gasteiger partial charge in [-0.15, -0.1) is 0 Å². The molecule has 1 aliphatic rings. The number of halogens is 1. The summed E-state index contributed by atoms with van der Waals surface area (Å²) in [5, 5.41) is 14.3. The molecule has 2 aromatic heterocycles. The molecule has 0 radical (unpaired) electrons. The van der Waals surface area contributed by atoms with Crippen LogP contribution in [0.5, 0.6) is 5.75 Å². The summed E-state index contributed by atoms with van der Waals surface area (Å²) in [4.78, 5) is 22.2. The zero-order valence-electron chi connectivity index (χ0n) is 19.6. The zero-order valence-corrected chi connectivity index (χ0v) is 19.6. The minimum atomic E-state index is -0.429. The summed E-state index contributed by atoms with van der Waals surface area (Å²) >= 11 is 0. The van der Waals surface area contributed by atoms with E-state index in [2.05, 4.69) is 61.2 Å². The predicted molar refractivity (Wildman–Crippen MR) is 132 cm³/mol. The number of nitrogens with one attached hydrogen (secondary N) is 1. The van der Waals surface area contributed by atoms with E-state index < -0.39 is 5.82 Å². The molecule has 0 unspecified atom stereocenters. The molecule has 2 aromatic carbocycles. The van der Waals surface area contributed by atoms with Crippen molar-refractivity contribution in [3.63, 3.8) is 0 Å². The van der Waals surface area contributed by atoms with Crippen molar-refractivity contribution in [2.75, 3.05) is 44.7 Å². The van der Waals surface area contributed by atoms with Crippen molar-refractivity contribution in [3.8, 4) is 28.4 Å². The number of aromatic nitrogens is 4. The van der Waals surface area contributed by atoms with E-state index >= 15 is 0 Å². The Kier molecular flexibility index (Phi) is 7.51. The number of rotatable bonds is 5. The van der Waals surface area contributed by atoms with Crippen LogP contribution in [0.3, 0.4) is 0 Å². The fourth-order valence-electron chi connectivity index (χ4n) is 4.18. The number of piperazine rings is 1. The molecule has 182 valence electrons. The van der Waals surface area contributed by atoms with Gasteiger partial charge in [-0.3, -0.25) is 9.89 Å². The van der Waals surface area contributed by atoms with Gasteiger partial charge in [0.15, 0.2) is 5.82 Å². The van der Waals surface area contributed by atoms with Crippen LogP contribution >= 0.6 is 0 Å². The Labute approximate surface area is 202 Å². The minimum absolute atomic E-state index is 0.241. The van der Waals surface area contributed by atoms with Gasteiger partial charge in [-0.2, -0.15) is 5.10 Å². The number of nitrogens with zero attached hydrogens (tertiary/aromatic N) is 5. The van der Waals surface area contributed by atoms with Gasteiger partial charge in [0, 0.05) is 37.4 Å². The smallest absolute Gasteiger partial charge is 0.290 e. The van der Waals surface area contributed by atoms with Crippen LogP contribution in [0.2, 0.25) is 0 Å². The number of carboxylic acid groups (broad SMARTS) is 1. The summed E-state index contributed by atoms with van der Waals surface area (Å²) in [6, 6.07) is 13.0. The molecule has 35 heavy (non-hydrogen) atoms. The maximum absolute atomic E-state index is 14.5. The molecule has 3 heterocycles. The molecule has 1 fully saturated rings. The summed E-state index contributed by atoms with van der Waals surface area (Å²) in [5.74, 6) is 0.226. The molecule has 4 aromatic rings. The fourth-order valence-corrected chi connectivity index (χ4v) is 4.18. The van der Waals surface area contributed by atoms with Crippen molar-refractivity contribution in [1.29, 1.82) is 0 Å². The van der Waals surface area contributed by atoms with Crippen LogP contribution in [0, 0.1) is 5.82 Å². The third-order valence-electron chi connectivity index (χ3n) is 6.05. The number of carbonyl (C=O) groups is 1. The third kappa shape index (κ3) is 5.07. The fraction of sp³-hybridized carbons (Fsp3) is 0.280. The maximum Gasteiger partial charge on any atom is 0.290 e. The molecule has 0 amide bonds. The predicted octanol–water partition coefficient (Wildman–Crippen LogP) is 3.68. The SMILES string of the molecule is CCN1CCN(c2ccc(-c3n[nH]c4cnc(-c5c(F)cccc5OC)nc34)cc2)CC1.O=CO. The first kappa shape index (κ1) is 24.1. The van der Waals surface area contributed by atoms with Gasteiger partial charge in [-0.25, -0.2) is 14.4 Å². The van der Waals surface area contributed by atoms with E-state index in [9.17, 15) is 4.39 Å². The van der Waals surface area contributed by atoms with Crippen LogP contribution in [0.1, 0.15) is 6.92 Å². The Morgan fingerprint density at radius 2 is 1.86 bits per heavy atom. The molecule has 9 nitrogen and oxygen atoms in total. The van der Waals surface area contributed by atoms with Crippen molar-refractivity contribution in [3.05, 3.63) is 54.5 Å². The maximum atomic E-state index is 14.5. The van der Waals surface area contributed by atoms with Gasteiger partial charge in [0.25, 0.3) is 6.47 Å². The number of hydrogen-bond acceptors (Lipinski definition) is 7. The topological polar surface area (TPSA) is 107 Å². The lowest BCUT2D eigenvalue weighted by Gasteiger charge is -2.35. The number of anilines is 1. The molecule has 0 atom stereocenters. The Bertz CT molecular complexity index is 1290. The van der Waals surface area contributed by atoms with Crippen LogP contribution in [-0.4, -0.2) is 76.5 Å². The van der Waals surface area contributed by atoms with Gasteiger partial charge in [-0.1, -0.05) is 25.1 Å². The van der Waals surface area contributed by atoms with Crippen molar-refractivity contribution in [2.45, 2.75) is 6.92 Å². The molecular formula is C25H27FN6O3. The van der Waals surface area contributed by atoms with Gasteiger partial charge >= 0.3 is 0 Å². The number of hydrogen-bond donors (Lipinski definition) is 2. The van der Waals surface area contributed by atoms with Gasteiger partial charge < -0.3 is 19.6 Å². The summed E-state index contributed by atoms with van der Waals surface area (Å²) in [6.45, 7) is 7.28. The molecule has 2 N–H and O–H groups in total. The molecule has 1 saturated heterocycles. The second-order valence-corrected chi connectivity index (χ2v) is 7.92. The minimum Gasteiger partial charge on any atom is -0.496 e. The number of ether oxygens (including phenoxy) is 1. The number of benzene rings is 2.